The average molecular weight is 412 g/mol. The molecule has 0 aliphatic carbocycles. The van der Waals surface area contributed by atoms with Gasteiger partial charge in [0.1, 0.15) is 0 Å². The van der Waals surface area contributed by atoms with Gasteiger partial charge in [0.15, 0.2) is 0 Å². The summed E-state index contributed by atoms with van der Waals surface area (Å²) in [6, 6.07) is 0. The van der Waals surface area contributed by atoms with Gasteiger partial charge < -0.3 is 5.73 Å². The lowest BCUT2D eigenvalue weighted by atomic mass is 9.80. The van der Waals surface area contributed by atoms with Crippen LogP contribution in [0, 0.1) is 5.92 Å². The van der Waals surface area contributed by atoms with Crippen LogP contribution in [0.4, 0.5) is 0 Å². The van der Waals surface area contributed by atoms with Gasteiger partial charge >= 0.3 is 0 Å². The molecule has 0 aliphatic heterocycles. The second-order valence-electron chi connectivity index (χ2n) is 11.2. The molecule has 0 amide bonds. The molecule has 0 spiro atoms. The van der Waals surface area contributed by atoms with E-state index in [1.54, 1.807) is 0 Å². The van der Waals surface area contributed by atoms with E-state index in [4.69, 9.17) is 5.73 Å². The number of unbranched alkanes of at least 4 members (excludes halogenated alkanes) is 12. The van der Waals surface area contributed by atoms with Crippen molar-refractivity contribution in [2.75, 3.05) is 0 Å². The van der Waals surface area contributed by atoms with Crippen LogP contribution in [0.3, 0.4) is 0 Å². The monoisotopic (exact) mass is 411 g/mol. The Morgan fingerprint density at radius 2 is 1.00 bits per heavy atom. The van der Waals surface area contributed by atoms with Crippen molar-refractivity contribution in [3.63, 3.8) is 0 Å². The van der Waals surface area contributed by atoms with Gasteiger partial charge in [0.25, 0.3) is 0 Å². The van der Waals surface area contributed by atoms with Crippen molar-refractivity contribution in [3.05, 3.63) is 0 Å². The summed E-state index contributed by atoms with van der Waals surface area (Å²) < 4.78 is 0. The second kappa shape index (κ2) is 15.9. The molecule has 0 aromatic heterocycles. The summed E-state index contributed by atoms with van der Waals surface area (Å²) in [6.07, 6.45) is 22.8. The molecule has 0 radical (unpaired) electrons. The third-order valence-electron chi connectivity index (χ3n) is 6.77. The van der Waals surface area contributed by atoms with Crippen molar-refractivity contribution < 1.29 is 0 Å². The van der Waals surface area contributed by atoms with E-state index in [0.717, 1.165) is 5.54 Å². The number of hydrogen-bond donors (Lipinski definition) is 1. The highest BCUT2D eigenvalue weighted by atomic mass is 28.3. The van der Waals surface area contributed by atoms with E-state index < -0.39 is 8.07 Å². The van der Waals surface area contributed by atoms with E-state index in [-0.39, 0.29) is 5.54 Å². The van der Waals surface area contributed by atoms with Gasteiger partial charge in [-0.05, 0) is 31.7 Å². The van der Waals surface area contributed by atoms with Gasteiger partial charge in [0.2, 0.25) is 0 Å². The standard InChI is InChI=1S/C26H57NSi/c1-8-10-11-12-13-14-15-16-17-18-19-20-21-23-25(28(5,6)7)24(22-9-2)26(3,4)27/h24-25H,8-23,27H2,1-7H3. The Morgan fingerprint density at radius 3 is 1.32 bits per heavy atom. The molecule has 0 rings (SSSR count). The maximum absolute atomic E-state index is 6.63. The normalized spacial score (nSPS) is 15.0. The largest absolute Gasteiger partial charge is 0.325 e. The molecule has 2 heteroatoms. The topological polar surface area (TPSA) is 26.0 Å². The summed E-state index contributed by atoms with van der Waals surface area (Å²) in [5.41, 5.74) is 7.47. The SMILES string of the molecule is CCCCCCCCCCCCCCCC(C(CCC)C(C)(C)N)[Si](C)(C)C. The molecule has 2 atom stereocenters. The molecule has 0 heterocycles. The molecule has 0 saturated carbocycles. The summed E-state index contributed by atoms with van der Waals surface area (Å²) in [4.78, 5) is 0. The lowest BCUT2D eigenvalue weighted by Crippen LogP contribution is -2.48. The van der Waals surface area contributed by atoms with Gasteiger partial charge in [-0.25, -0.2) is 0 Å². The minimum Gasteiger partial charge on any atom is -0.325 e. The first-order valence-electron chi connectivity index (χ1n) is 12.9. The summed E-state index contributed by atoms with van der Waals surface area (Å²) in [5, 5.41) is 0. The Labute approximate surface area is 181 Å². The van der Waals surface area contributed by atoms with Crippen LogP contribution >= 0.6 is 0 Å². The molecule has 1 nitrogen and oxygen atoms in total. The Balaban J connectivity index is 3.95. The Morgan fingerprint density at radius 1 is 0.607 bits per heavy atom. The van der Waals surface area contributed by atoms with E-state index in [0.29, 0.717) is 5.92 Å². The van der Waals surface area contributed by atoms with Crippen molar-refractivity contribution >= 4 is 8.07 Å². The van der Waals surface area contributed by atoms with Crippen LogP contribution < -0.4 is 5.73 Å². The molecule has 0 aromatic carbocycles. The maximum Gasteiger partial charge on any atom is 0.0477 e. The van der Waals surface area contributed by atoms with Crippen LogP contribution in [-0.2, 0) is 0 Å². The van der Waals surface area contributed by atoms with Gasteiger partial charge in [0, 0.05) is 13.6 Å². The zero-order valence-corrected chi connectivity index (χ0v) is 22.0. The molecule has 0 aromatic rings. The first-order chi connectivity index (χ1) is 13.1. The molecule has 0 aliphatic rings. The highest BCUT2D eigenvalue weighted by Crippen LogP contribution is 2.42. The highest BCUT2D eigenvalue weighted by molar-refractivity contribution is 6.77. The number of rotatable bonds is 19. The number of nitrogens with two attached hydrogens (primary N) is 1. The van der Waals surface area contributed by atoms with E-state index >= 15 is 0 Å². The van der Waals surface area contributed by atoms with Crippen molar-refractivity contribution in [3.8, 4) is 0 Å². The van der Waals surface area contributed by atoms with Gasteiger partial charge in [-0.3, -0.25) is 0 Å². The maximum atomic E-state index is 6.63. The van der Waals surface area contributed by atoms with E-state index in [1.165, 1.54) is 103 Å². The molecule has 2 unspecified atom stereocenters. The Bertz CT molecular complexity index is 339. The number of hydrogen-bond acceptors (Lipinski definition) is 1. The van der Waals surface area contributed by atoms with Crippen LogP contribution in [0.15, 0.2) is 0 Å². The van der Waals surface area contributed by atoms with Gasteiger partial charge in [0.05, 0.1) is 0 Å². The predicted octanol–water partition coefficient (Wildman–Crippen LogP) is 9.33. The fourth-order valence-corrected chi connectivity index (χ4v) is 7.90. The molecular weight excluding hydrogens is 354 g/mol. The van der Waals surface area contributed by atoms with E-state index in [1.807, 2.05) is 0 Å². The zero-order valence-electron chi connectivity index (χ0n) is 21.0. The zero-order chi connectivity index (χ0) is 21.5. The highest BCUT2D eigenvalue weighted by Gasteiger charge is 2.38. The van der Waals surface area contributed by atoms with E-state index in [9.17, 15) is 0 Å². The predicted molar refractivity (Wildman–Crippen MR) is 134 cm³/mol. The van der Waals surface area contributed by atoms with Crippen molar-refractivity contribution in [1.82, 2.24) is 0 Å². The fraction of sp³-hybridized carbons (Fsp3) is 1.00. The van der Waals surface area contributed by atoms with Crippen LogP contribution in [0.2, 0.25) is 25.2 Å². The minimum absolute atomic E-state index is 0.0303. The molecule has 0 saturated heterocycles. The van der Waals surface area contributed by atoms with Crippen LogP contribution in [0.1, 0.15) is 130 Å². The summed E-state index contributed by atoms with van der Waals surface area (Å²) in [5.74, 6) is 0.696. The lowest BCUT2D eigenvalue weighted by molar-refractivity contribution is 0.268. The van der Waals surface area contributed by atoms with Crippen LogP contribution in [0.25, 0.3) is 0 Å². The van der Waals surface area contributed by atoms with Crippen molar-refractivity contribution in [1.29, 1.82) is 0 Å². The summed E-state index contributed by atoms with van der Waals surface area (Å²) >= 11 is 0. The molecular formula is C26H57NSi. The minimum atomic E-state index is -1.18. The fourth-order valence-electron chi connectivity index (χ4n) is 5.02. The van der Waals surface area contributed by atoms with Gasteiger partial charge in [-0.2, -0.15) is 0 Å². The molecule has 0 fully saturated rings. The summed E-state index contributed by atoms with van der Waals surface area (Å²) in [6.45, 7) is 16.9. The van der Waals surface area contributed by atoms with Gasteiger partial charge in [-0.1, -0.05) is 130 Å². The lowest BCUT2D eigenvalue weighted by Gasteiger charge is -2.43. The average Bonchev–Trinajstić information content (AvgIpc) is 2.59. The molecule has 28 heavy (non-hydrogen) atoms. The molecule has 170 valence electrons. The Hall–Kier alpha value is 0.177. The first-order valence-corrected chi connectivity index (χ1v) is 16.5. The van der Waals surface area contributed by atoms with Crippen molar-refractivity contribution in [2.45, 2.75) is 161 Å². The molecule has 2 N–H and O–H groups in total. The van der Waals surface area contributed by atoms with Crippen LogP contribution in [-0.4, -0.2) is 13.6 Å². The third-order valence-corrected chi connectivity index (χ3v) is 9.69. The van der Waals surface area contributed by atoms with Gasteiger partial charge in [-0.15, -0.1) is 0 Å². The quantitative estimate of drug-likeness (QED) is 0.166. The van der Waals surface area contributed by atoms with Crippen molar-refractivity contribution in [2.24, 2.45) is 11.7 Å². The molecule has 0 bridgehead atoms. The van der Waals surface area contributed by atoms with Crippen LogP contribution in [0.5, 0.6) is 0 Å². The third kappa shape index (κ3) is 14.2. The smallest absolute Gasteiger partial charge is 0.0477 e. The second-order valence-corrected chi connectivity index (χ2v) is 16.7. The summed E-state index contributed by atoms with van der Waals surface area (Å²) in [7, 11) is -1.18. The van der Waals surface area contributed by atoms with E-state index in [2.05, 4.69) is 47.3 Å². The Kier molecular flexibility index (Phi) is 16.0. The first kappa shape index (κ1) is 28.2.